The van der Waals surface area contributed by atoms with Crippen LogP contribution in [0.3, 0.4) is 0 Å². The van der Waals surface area contributed by atoms with Gasteiger partial charge in [-0.2, -0.15) is 10.5 Å². The Morgan fingerprint density at radius 2 is 1.41 bits per heavy atom. The fourth-order valence-electron chi connectivity index (χ4n) is 3.43. The number of anilines is 2. The van der Waals surface area contributed by atoms with Gasteiger partial charge in [0, 0.05) is 16.0 Å². The number of hydrogen-bond acceptors (Lipinski definition) is 7. The number of nitrogens with zero attached hydrogens (tertiary/aromatic N) is 3. The molecule has 0 saturated carbocycles. The Bertz CT molecular complexity index is 1170. The summed E-state index contributed by atoms with van der Waals surface area (Å²) in [6.45, 7) is 7.77. The van der Waals surface area contributed by atoms with Crippen LogP contribution in [-0.4, -0.2) is 16.8 Å². The van der Waals surface area contributed by atoms with Crippen LogP contribution in [0.1, 0.15) is 66.7 Å². The van der Waals surface area contributed by atoms with Crippen LogP contribution in [0.5, 0.6) is 0 Å². The Kier molecular flexibility index (Phi) is 7.04. The smallest absolute Gasteiger partial charge is 0.274 e. The topological polar surface area (TPSA) is 119 Å². The zero-order valence-corrected chi connectivity index (χ0v) is 19.8. The van der Waals surface area contributed by atoms with Crippen LogP contribution in [0, 0.1) is 36.5 Å². The molecule has 0 fully saturated rings. The molecule has 0 spiro atoms. The second kappa shape index (κ2) is 9.73. The highest BCUT2D eigenvalue weighted by molar-refractivity contribution is 7.17. The van der Waals surface area contributed by atoms with Crippen molar-refractivity contribution in [2.24, 2.45) is 0 Å². The van der Waals surface area contributed by atoms with Gasteiger partial charge in [-0.1, -0.05) is 13.8 Å². The molecule has 3 heterocycles. The minimum atomic E-state index is -0.453. The van der Waals surface area contributed by atoms with Crippen molar-refractivity contribution in [2.75, 3.05) is 10.6 Å². The van der Waals surface area contributed by atoms with Gasteiger partial charge in [-0.3, -0.25) is 14.6 Å². The maximum Gasteiger partial charge on any atom is 0.274 e. The summed E-state index contributed by atoms with van der Waals surface area (Å²) in [7, 11) is 0. The van der Waals surface area contributed by atoms with E-state index in [1.165, 1.54) is 41.0 Å². The average molecular weight is 464 g/mol. The van der Waals surface area contributed by atoms with E-state index in [-0.39, 0.29) is 11.3 Å². The van der Waals surface area contributed by atoms with Crippen molar-refractivity contribution in [2.45, 2.75) is 40.5 Å². The number of thiophene rings is 2. The Hall–Kier alpha value is -3.53. The number of amides is 2. The van der Waals surface area contributed by atoms with Crippen molar-refractivity contribution in [3.63, 3.8) is 0 Å². The molecule has 0 aliphatic carbocycles. The third-order valence-corrected chi connectivity index (χ3v) is 7.19. The van der Waals surface area contributed by atoms with Gasteiger partial charge >= 0.3 is 0 Å². The molecule has 0 radical (unpaired) electrons. The van der Waals surface area contributed by atoms with Gasteiger partial charge in [0.1, 0.15) is 27.8 Å². The first-order valence-corrected chi connectivity index (χ1v) is 11.6. The normalized spacial score (nSPS) is 10.3. The molecule has 3 aromatic rings. The fraction of sp³-hybridized carbons (Fsp3) is 0.261. The molecular weight excluding hydrogens is 442 g/mol. The highest BCUT2D eigenvalue weighted by Crippen LogP contribution is 2.34. The van der Waals surface area contributed by atoms with Crippen molar-refractivity contribution in [1.29, 1.82) is 10.5 Å². The summed E-state index contributed by atoms with van der Waals surface area (Å²) in [5.74, 6) is -0.858. The maximum atomic E-state index is 12.6. The van der Waals surface area contributed by atoms with Crippen LogP contribution in [-0.2, 0) is 12.8 Å². The van der Waals surface area contributed by atoms with Crippen molar-refractivity contribution in [1.82, 2.24) is 4.98 Å². The van der Waals surface area contributed by atoms with Crippen LogP contribution in [0.15, 0.2) is 18.3 Å². The molecule has 9 heteroatoms. The number of hydrogen-bond donors (Lipinski definition) is 2. The predicted octanol–water partition coefficient (Wildman–Crippen LogP) is 5.19. The lowest BCUT2D eigenvalue weighted by atomic mass is 10.1. The van der Waals surface area contributed by atoms with Crippen molar-refractivity contribution < 1.29 is 9.59 Å². The molecule has 32 heavy (non-hydrogen) atoms. The van der Waals surface area contributed by atoms with E-state index in [0.717, 1.165) is 20.9 Å². The zero-order chi connectivity index (χ0) is 23.4. The van der Waals surface area contributed by atoms with Gasteiger partial charge in [0.2, 0.25) is 0 Å². The fourth-order valence-corrected chi connectivity index (χ4v) is 5.61. The summed E-state index contributed by atoms with van der Waals surface area (Å²) in [5, 5.41) is 25.4. The molecule has 0 aromatic carbocycles. The summed E-state index contributed by atoms with van der Waals surface area (Å²) < 4.78 is 0. The van der Waals surface area contributed by atoms with Gasteiger partial charge in [-0.05, 0) is 49.9 Å². The number of carbonyl (C=O) groups excluding carboxylic acids is 2. The summed E-state index contributed by atoms with van der Waals surface area (Å²) >= 11 is 2.73. The molecule has 3 aromatic heterocycles. The van der Waals surface area contributed by atoms with E-state index in [9.17, 15) is 20.1 Å². The molecule has 0 aliphatic heterocycles. The zero-order valence-electron chi connectivity index (χ0n) is 18.1. The number of rotatable bonds is 6. The Morgan fingerprint density at radius 3 is 1.81 bits per heavy atom. The Balaban J connectivity index is 1.76. The minimum absolute atomic E-state index is 0.132. The number of nitrogens with one attached hydrogen (secondary N) is 2. The van der Waals surface area contributed by atoms with E-state index in [4.69, 9.17) is 0 Å². The van der Waals surface area contributed by atoms with E-state index >= 15 is 0 Å². The highest BCUT2D eigenvalue weighted by atomic mass is 32.1. The van der Waals surface area contributed by atoms with Gasteiger partial charge in [0.05, 0.1) is 16.7 Å². The van der Waals surface area contributed by atoms with E-state index in [0.29, 0.717) is 34.0 Å². The van der Waals surface area contributed by atoms with Crippen molar-refractivity contribution in [3.05, 3.63) is 61.6 Å². The molecule has 0 atom stereocenters. The lowest BCUT2D eigenvalue weighted by molar-refractivity contribution is 0.101. The van der Waals surface area contributed by atoms with Crippen LogP contribution < -0.4 is 10.6 Å². The lowest BCUT2D eigenvalue weighted by Gasteiger charge is -2.06. The first kappa shape index (κ1) is 23.1. The largest absolute Gasteiger partial charge is 0.312 e. The van der Waals surface area contributed by atoms with Crippen molar-refractivity contribution in [3.8, 4) is 12.1 Å². The Morgan fingerprint density at radius 1 is 0.906 bits per heavy atom. The molecular formula is C23H21N5O2S2. The van der Waals surface area contributed by atoms with Crippen LogP contribution in [0.25, 0.3) is 0 Å². The standard InChI is InChI=1S/C23H21N5O2S2/c1-5-15-12(3)31-22(17(15)9-24)27-20(29)14-7-8-19(26-11-14)21(30)28-23-18(10-25)16(6-2)13(4)32-23/h7-8,11H,5-6H2,1-4H3,(H,27,29)(H,28,30). The van der Waals surface area contributed by atoms with Gasteiger partial charge in [-0.15, -0.1) is 22.7 Å². The Labute approximate surface area is 194 Å². The van der Waals surface area contributed by atoms with Gasteiger partial charge < -0.3 is 10.6 Å². The molecule has 162 valence electrons. The third-order valence-electron chi connectivity index (χ3n) is 5.06. The predicted molar refractivity (Wildman–Crippen MR) is 126 cm³/mol. The van der Waals surface area contributed by atoms with E-state index in [2.05, 4.69) is 27.8 Å². The summed E-state index contributed by atoms with van der Waals surface area (Å²) in [6, 6.07) is 7.29. The van der Waals surface area contributed by atoms with E-state index in [1.807, 2.05) is 27.7 Å². The lowest BCUT2D eigenvalue weighted by Crippen LogP contribution is -2.16. The van der Waals surface area contributed by atoms with Gasteiger partial charge in [-0.25, -0.2) is 0 Å². The first-order valence-electron chi connectivity index (χ1n) is 9.97. The maximum absolute atomic E-state index is 12.6. The number of aromatic nitrogens is 1. The minimum Gasteiger partial charge on any atom is -0.312 e. The number of nitriles is 2. The summed E-state index contributed by atoms with van der Waals surface area (Å²) in [5.41, 5.74) is 3.23. The van der Waals surface area contributed by atoms with E-state index < -0.39 is 11.8 Å². The van der Waals surface area contributed by atoms with Gasteiger partial charge in [0.15, 0.2) is 0 Å². The number of pyridine rings is 1. The monoisotopic (exact) mass is 463 g/mol. The van der Waals surface area contributed by atoms with Crippen LogP contribution in [0.2, 0.25) is 0 Å². The number of carbonyl (C=O) groups is 2. The first-order chi connectivity index (χ1) is 15.3. The van der Waals surface area contributed by atoms with Crippen LogP contribution >= 0.6 is 22.7 Å². The molecule has 3 rings (SSSR count). The summed E-state index contributed by atoms with van der Waals surface area (Å²) in [4.78, 5) is 31.3. The molecule has 2 amide bonds. The molecule has 0 unspecified atom stereocenters. The van der Waals surface area contributed by atoms with Crippen LogP contribution in [0.4, 0.5) is 10.0 Å². The molecule has 0 saturated heterocycles. The second-order valence-corrected chi connectivity index (χ2v) is 9.40. The summed E-state index contributed by atoms with van der Waals surface area (Å²) in [6.07, 6.45) is 2.74. The van der Waals surface area contributed by atoms with Gasteiger partial charge in [0.25, 0.3) is 11.8 Å². The second-order valence-electron chi connectivity index (χ2n) is 6.95. The molecule has 0 bridgehead atoms. The SMILES string of the molecule is CCc1c(C)sc(NC(=O)c2ccc(C(=O)Nc3sc(C)c(CC)c3C#N)nc2)c1C#N. The quantitative estimate of drug-likeness (QED) is 0.521. The molecule has 7 nitrogen and oxygen atoms in total. The van der Waals surface area contributed by atoms with E-state index in [1.54, 1.807) is 0 Å². The third kappa shape index (κ3) is 4.40. The van der Waals surface area contributed by atoms with Crippen molar-refractivity contribution >= 4 is 44.5 Å². The number of aryl methyl sites for hydroxylation is 2. The average Bonchev–Trinajstić information content (AvgIpc) is 3.26. The molecule has 0 aliphatic rings. The highest BCUT2D eigenvalue weighted by Gasteiger charge is 2.19. The molecule has 2 N–H and O–H groups in total.